The second-order valence-corrected chi connectivity index (χ2v) is 8.24. The second kappa shape index (κ2) is 12.2. The average molecular weight is 421 g/mol. The number of carbonyl (C=O) groups excluding carboxylic acids is 2. The van der Waals surface area contributed by atoms with Crippen molar-refractivity contribution in [3.8, 4) is 11.5 Å². The molecule has 7 nitrogen and oxygen atoms in total. The molecule has 1 aromatic carbocycles. The van der Waals surface area contributed by atoms with Crippen LogP contribution in [0.4, 0.5) is 0 Å². The summed E-state index contributed by atoms with van der Waals surface area (Å²) >= 11 is 0. The summed E-state index contributed by atoms with van der Waals surface area (Å²) in [6.45, 7) is 9.02. The molecular weight excluding hydrogens is 384 g/mol. The van der Waals surface area contributed by atoms with E-state index in [0.717, 1.165) is 12.0 Å². The molecule has 30 heavy (non-hydrogen) atoms. The molecule has 1 amide bonds. The third kappa shape index (κ3) is 9.78. The van der Waals surface area contributed by atoms with E-state index in [1.807, 2.05) is 44.1 Å². The van der Waals surface area contributed by atoms with Crippen LogP contribution in [0, 0.1) is 0 Å². The molecule has 7 heteroatoms. The van der Waals surface area contributed by atoms with Gasteiger partial charge in [-0.25, -0.2) is 0 Å². The highest BCUT2D eigenvalue weighted by Gasteiger charge is 2.21. The number of ether oxygens (including phenoxy) is 3. The summed E-state index contributed by atoms with van der Waals surface area (Å²) in [6, 6.07) is 5.49. The van der Waals surface area contributed by atoms with E-state index >= 15 is 0 Å². The van der Waals surface area contributed by atoms with Crippen LogP contribution < -0.4 is 9.47 Å². The normalized spacial score (nSPS) is 11.6. The number of likely N-dealkylation sites (N-methyl/N-ethyl adjacent to an activating group) is 1. The molecule has 0 saturated heterocycles. The van der Waals surface area contributed by atoms with Gasteiger partial charge in [0.2, 0.25) is 5.91 Å². The second-order valence-electron chi connectivity index (χ2n) is 8.24. The van der Waals surface area contributed by atoms with Gasteiger partial charge in [0.25, 0.3) is 0 Å². The molecule has 0 radical (unpaired) electrons. The van der Waals surface area contributed by atoms with Crippen molar-refractivity contribution in [1.29, 1.82) is 0 Å². The molecule has 0 unspecified atom stereocenters. The minimum absolute atomic E-state index is 0.0958. The Morgan fingerprint density at radius 1 is 1.10 bits per heavy atom. The molecule has 168 valence electrons. The van der Waals surface area contributed by atoms with Crippen molar-refractivity contribution >= 4 is 18.0 Å². The molecule has 0 bridgehead atoms. The predicted molar refractivity (Wildman–Crippen MR) is 119 cm³/mol. The van der Waals surface area contributed by atoms with E-state index in [9.17, 15) is 9.59 Å². The van der Waals surface area contributed by atoms with Crippen molar-refractivity contribution < 1.29 is 23.8 Å². The van der Waals surface area contributed by atoms with Gasteiger partial charge < -0.3 is 24.0 Å². The fourth-order valence-electron chi connectivity index (χ4n) is 2.51. The van der Waals surface area contributed by atoms with Crippen LogP contribution in [0.25, 0.3) is 6.08 Å². The standard InChI is InChI=1S/C23H36N2O5/c1-8-15-29-19-11-9-18(16-20(19)28-7)10-12-21(26)25(14-13-24(5)6)17-22(27)30-23(2,3)4/h9-12,16H,8,13-15,17H2,1-7H3/b12-10+. The number of hydrogen-bond acceptors (Lipinski definition) is 6. The van der Waals surface area contributed by atoms with E-state index < -0.39 is 11.6 Å². The van der Waals surface area contributed by atoms with Gasteiger partial charge in [-0.1, -0.05) is 13.0 Å². The molecule has 0 aliphatic heterocycles. The Morgan fingerprint density at radius 2 is 1.80 bits per heavy atom. The van der Waals surface area contributed by atoms with Gasteiger partial charge in [-0.2, -0.15) is 0 Å². The molecule has 0 saturated carbocycles. The van der Waals surface area contributed by atoms with Gasteiger partial charge in [0, 0.05) is 19.2 Å². The highest BCUT2D eigenvalue weighted by Crippen LogP contribution is 2.28. The zero-order valence-electron chi connectivity index (χ0n) is 19.4. The van der Waals surface area contributed by atoms with Crippen LogP contribution in [0.1, 0.15) is 39.7 Å². The van der Waals surface area contributed by atoms with Gasteiger partial charge >= 0.3 is 5.97 Å². The largest absolute Gasteiger partial charge is 0.493 e. The van der Waals surface area contributed by atoms with E-state index in [2.05, 4.69) is 0 Å². The summed E-state index contributed by atoms with van der Waals surface area (Å²) in [5.74, 6) is 0.590. The molecule has 0 N–H and O–H groups in total. The SMILES string of the molecule is CCCOc1ccc(/C=C/C(=O)N(CCN(C)C)CC(=O)OC(C)(C)C)cc1OC. The molecule has 0 spiro atoms. The van der Waals surface area contributed by atoms with Crippen molar-refractivity contribution in [2.24, 2.45) is 0 Å². The number of rotatable bonds is 11. The molecule has 0 aliphatic rings. The minimum atomic E-state index is -0.596. The van der Waals surface area contributed by atoms with Crippen molar-refractivity contribution in [3.05, 3.63) is 29.8 Å². The zero-order valence-corrected chi connectivity index (χ0v) is 19.4. The minimum Gasteiger partial charge on any atom is -0.493 e. The topological polar surface area (TPSA) is 68.3 Å². The van der Waals surface area contributed by atoms with Gasteiger partial charge in [-0.05, 0) is 65.1 Å². The Balaban J connectivity index is 2.90. The third-order valence-electron chi connectivity index (χ3n) is 3.94. The molecule has 1 aromatic rings. The maximum absolute atomic E-state index is 12.7. The number of amides is 1. The Bertz CT molecular complexity index is 723. The number of methoxy groups -OCH3 is 1. The first-order valence-corrected chi connectivity index (χ1v) is 10.2. The lowest BCUT2D eigenvalue weighted by Crippen LogP contribution is -2.41. The Morgan fingerprint density at radius 3 is 2.37 bits per heavy atom. The fraction of sp³-hybridized carbons (Fsp3) is 0.565. The lowest BCUT2D eigenvalue weighted by Gasteiger charge is -2.25. The summed E-state index contributed by atoms with van der Waals surface area (Å²) < 4.78 is 16.4. The highest BCUT2D eigenvalue weighted by atomic mass is 16.6. The summed E-state index contributed by atoms with van der Waals surface area (Å²) in [6.07, 6.45) is 4.06. The summed E-state index contributed by atoms with van der Waals surface area (Å²) in [5, 5.41) is 0. The quantitative estimate of drug-likeness (QED) is 0.404. The Hall–Kier alpha value is -2.54. The first-order valence-electron chi connectivity index (χ1n) is 10.2. The average Bonchev–Trinajstić information content (AvgIpc) is 2.66. The Labute approximate surface area is 180 Å². The monoisotopic (exact) mass is 420 g/mol. The van der Waals surface area contributed by atoms with E-state index in [1.165, 1.54) is 11.0 Å². The van der Waals surface area contributed by atoms with Crippen LogP contribution in [-0.4, -0.2) is 74.7 Å². The number of esters is 1. The molecule has 0 aliphatic carbocycles. The maximum Gasteiger partial charge on any atom is 0.326 e. The highest BCUT2D eigenvalue weighted by molar-refractivity contribution is 5.93. The molecule has 0 heterocycles. The van der Waals surface area contributed by atoms with Crippen molar-refractivity contribution in [2.75, 3.05) is 47.4 Å². The third-order valence-corrected chi connectivity index (χ3v) is 3.94. The van der Waals surface area contributed by atoms with Crippen LogP contribution in [0.5, 0.6) is 11.5 Å². The van der Waals surface area contributed by atoms with Crippen molar-refractivity contribution in [3.63, 3.8) is 0 Å². The van der Waals surface area contributed by atoms with Crippen molar-refractivity contribution in [2.45, 2.75) is 39.7 Å². The zero-order chi connectivity index (χ0) is 22.7. The number of carbonyl (C=O) groups is 2. The molecular formula is C23H36N2O5. The number of hydrogen-bond donors (Lipinski definition) is 0. The van der Waals surface area contributed by atoms with Crippen LogP contribution in [0.3, 0.4) is 0 Å². The van der Waals surface area contributed by atoms with Crippen LogP contribution in [0.15, 0.2) is 24.3 Å². The first-order chi connectivity index (χ1) is 14.1. The molecule has 0 fully saturated rings. The van der Waals surface area contributed by atoms with Gasteiger partial charge in [0.1, 0.15) is 12.1 Å². The van der Waals surface area contributed by atoms with E-state index in [0.29, 0.717) is 31.2 Å². The van der Waals surface area contributed by atoms with Gasteiger partial charge in [0.15, 0.2) is 11.5 Å². The van der Waals surface area contributed by atoms with Gasteiger partial charge in [-0.15, -0.1) is 0 Å². The predicted octanol–water partition coefficient (Wildman–Crippen LogP) is 3.23. The van der Waals surface area contributed by atoms with Gasteiger partial charge in [0.05, 0.1) is 13.7 Å². The summed E-state index contributed by atoms with van der Waals surface area (Å²) in [5.41, 5.74) is 0.204. The fourth-order valence-corrected chi connectivity index (χ4v) is 2.51. The summed E-state index contributed by atoms with van der Waals surface area (Å²) in [4.78, 5) is 28.4. The smallest absolute Gasteiger partial charge is 0.326 e. The lowest BCUT2D eigenvalue weighted by atomic mass is 10.2. The van der Waals surface area contributed by atoms with Gasteiger partial charge in [-0.3, -0.25) is 9.59 Å². The Kier molecular flexibility index (Phi) is 10.4. The van der Waals surface area contributed by atoms with E-state index in [1.54, 1.807) is 34.0 Å². The van der Waals surface area contributed by atoms with Crippen molar-refractivity contribution in [1.82, 2.24) is 9.80 Å². The van der Waals surface area contributed by atoms with E-state index in [-0.39, 0.29) is 12.5 Å². The number of nitrogens with zero attached hydrogens (tertiary/aromatic N) is 2. The first kappa shape index (κ1) is 25.5. The molecule has 1 rings (SSSR count). The molecule has 0 aromatic heterocycles. The van der Waals surface area contributed by atoms with Crippen LogP contribution >= 0.6 is 0 Å². The molecule has 0 atom stereocenters. The van der Waals surface area contributed by atoms with Crippen LogP contribution in [-0.2, 0) is 14.3 Å². The van der Waals surface area contributed by atoms with E-state index in [4.69, 9.17) is 14.2 Å². The maximum atomic E-state index is 12.7. The lowest BCUT2D eigenvalue weighted by molar-refractivity contribution is -0.158. The number of benzene rings is 1. The van der Waals surface area contributed by atoms with Crippen LogP contribution in [0.2, 0.25) is 0 Å². The summed E-state index contributed by atoms with van der Waals surface area (Å²) in [7, 11) is 5.41.